The smallest absolute Gasteiger partial charge is 0.229 e. The molecule has 0 aliphatic carbocycles. The summed E-state index contributed by atoms with van der Waals surface area (Å²) in [6, 6.07) is 0. The summed E-state index contributed by atoms with van der Waals surface area (Å²) in [4.78, 5) is 24.4. The molecule has 0 bridgehead atoms. The maximum atomic E-state index is 11.5. The van der Waals surface area contributed by atoms with Crippen LogP contribution in [0, 0.1) is 5.92 Å². The summed E-state index contributed by atoms with van der Waals surface area (Å²) in [5.41, 5.74) is 0. The molecule has 1 aliphatic rings. The van der Waals surface area contributed by atoms with E-state index < -0.39 is 0 Å². The zero-order valence-corrected chi connectivity index (χ0v) is 9.24. The molecule has 1 heterocycles. The van der Waals surface area contributed by atoms with Crippen LogP contribution in [0.3, 0.4) is 0 Å². The molecule has 0 atom stereocenters. The van der Waals surface area contributed by atoms with E-state index in [1.54, 1.807) is 0 Å². The molecule has 0 aromatic rings. The van der Waals surface area contributed by atoms with E-state index in [2.05, 4.69) is 0 Å². The van der Waals surface area contributed by atoms with Crippen LogP contribution >= 0.6 is 0 Å². The quantitative estimate of drug-likeness (QED) is 0.546. The van der Waals surface area contributed by atoms with Crippen molar-refractivity contribution in [1.82, 2.24) is 4.90 Å². The molecule has 0 spiro atoms. The first kappa shape index (κ1) is 12.2. The first-order valence-corrected chi connectivity index (χ1v) is 5.59. The van der Waals surface area contributed by atoms with Crippen LogP contribution in [0.1, 0.15) is 39.0 Å². The Labute approximate surface area is 90.3 Å². The van der Waals surface area contributed by atoms with Crippen molar-refractivity contribution in [2.75, 3.05) is 13.2 Å². The minimum atomic E-state index is -0.0391. The Hall–Kier alpha value is -0.900. The third-order valence-electron chi connectivity index (χ3n) is 2.69. The average molecular weight is 213 g/mol. The van der Waals surface area contributed by atoms with Crippen LogP contribution in [-0.2, 0) is 9.59 Å². The third kappa shape index (κ3) is 3.63. The summed E-state index contributed by atoms with van der Waals surface area (Å²) in [5.74, 6) is 0.115. The maximum absolute atomic E-state index is 11.5. The fourth-order valence-electron chi connectivity index (χ4n) is 1.84. The molecule has 4 heteroatoms. The van der Waals surface area contributed by atoms with Crippen LogP contribution in [-0.4, -0.2) is 35.0 Å². The van der Waals surface area contributed by atoms with E-state index in [9.17, 15) is 9.59 Å². The molecule has 15 heavy (non-hydrogen) atoms. The molecule has 0 aromatic carbocycles. The number of unbranched alkanes of at least 4 members (excludes halogenated alkanes) is 2. The van der Waals surface area contributed by atoms with Gasteiger partial charge in [0.1, 0.15) is 0 Å². The highest BCUT2D eigenvalue weighted by atomic mass is 16.3. The molecule has 1 aliphatic heterocycles. The van der Waals surface area contributed by atoms with Crippen molar-refractivity contribution in [3.05, 3.63) is 0 Å². The Morgan fingerprint density at radius 2 is 1.80 bits per heavy atom. The molecule has 0 aromatic heterocycles. The van der Waals surface area contributed by atoms with Crippen molar-refractivity contribution >= 4 is 11.8 Å². The number of amides is 2. The monoisotopic (exact) mass is 213 g/mol. The van der Waals surface area contributed by atoms with Gasteiger partial charge in [-0.1, -0.05) is 6.92 Å². The number of piperidine rings is 1. The number of rotatable bonds is 5. The lowest BCUT2D eigenvalue weighted by Gasteiger charge is -2.28. The maximum Gasteiger partial charge on any atom is 0.229 e. The zero-order chi connectivity index (χ0) is 11.3. The number of carbonyl (C=O) groups is 2. The summed E-state index contributed by atoms with van der Waals surface area (Å²) >= 11 is 0. The lowest BCUT2D eigenvalue weighted by Crippen LogP contribution is -2.43. The third-order valence-corrected chi connectivity index (χ3v) is 2.69. The summed E-state index contributed by atoms with van der Waals surface area (Å²) < 4.78 is 0. The molecule has 0 radical (unpaired) electrons. The highest BCUT2D eigenvalue weighted by Crippen LogP contribution is 2.19. The zero-order valence-electron chi connectivity index (χ0n) is 9.24. The molecule has 1 rings (SSSR count). The van der Waals surface area contributed by atoms with Crippen LogP contribution < -0.4 is 0 Å². The molecule has 86 valence electrons. The minimum Gasteiger partial charge on any atom is -0.396 e. The van der Waals surface area contributed by atoms with E-state index in [1.165, 1.54) is 4.90 Å². The number of aliphatic hydroxyl groups is 1. The van der Waals surface area contributed by atoms with Crippen molar-refractivity contribution in [3.8, 4) is 0 Å². The van der Waals surface area contributed by atoms with Crippen molar-refractivity contribution in [2.45, 2.75) is 39.0 Å². The number of likely N-dealkylation sites (tertiary alicyclic amines) is 1. The molecule has 4 nitrogen and oxygen atoms in total. The van der Waals surface area contributed by atoms with Gasteiger partial charge in [-0.15, -0.1) is 0 Å². The van der Waals surface area contributed by atoms with Crippen LogP contribution in [0.2, 0.25) is 0 Å². The second-order valence-corrected chi connectivity index (χ2v) is 4.24. The first-order valence-electron chi connectivity index (χ1n) is 5.59. The fourth-order valence-corrected chi connectivity index (χ4v) is 1.84. The van der Waals surface area contributed by atoms with E-state index in [4.69, 9.17) is 5.11 Å². The SMILES string of the molecule is CC1CC(=O)N(CCCCCO)C(=O)C1. The molecule has 1 fully saturated rings. The van der Waals surface area contributed by atoms with Gasteiger partial charge in [0.25, 0.3) is 0 Å². The summed E-state index contributed by atoms with van der Waals surface area (Å²) in [6.07, 6.45) is 3.39. The van der Waals surface area contributed by atoms with Gasteiger partial charge < -0.3 is 5.11 Å². The number of imide groups is 1. The van der Waals surface area contributed by atoms with E-state index >= 15 is 0 Å². The highest BCUT2D eigenvalue weighted by Gasteiger charge is 2.29. The predicted molar refractivity (Wildman–Crippen MR) is 56.1 cm³/mol. The lowest BCUT2D eigenvalue weighted by atomic mass is 9.97. The van der Waals surface area contributed by atoms with E-state index in [-0.39, 0.29) is 24.3 Å². The van der Waals surface area contributed by atoms with Gasteiger partial charge >= 0.3 is 0 Å². The number of nitrogens with zero attached hydrogens (tertiary/aromatic N) is 1. The van der Waals surface area contributed by atoms with Crippen molar-refractivity contribution in [1.29, 1.82) is 0 Å². The molecule has 2 amide bonds. The first-order chi connectivity index (χ1) is 7.15. The molecule has 0 unspecified atom stereocenters. The van der Waals surface area contributed by atoms with Crippen LogP contribution in [0.15, 0.2) is 0 Å². The Kier molecular flexibility index (Phi) is 4.75. The summed E-state index contributed by atoms with van der Waals surface area (Å²) in [6.45, 7) is 2.63. The Balaban J connectivity index is 2.33. The Morgan fingerprint density at radius 1 is 1.20 bits per heavy atom. The number of hydrogen-bond acceptors (Lipinski definition) is 3. The second-order valence-electron chi connectivity index (χ2n) is 4.24. The van der Waals surface area contributed by atoms with E-state index in [1.807, 2.05) is 6.92 Å². The largest absolute Gasteiger partial charge is 0.396 e. The molecular weight excluding hydrogens is 194 g/mol. The topological polar surface area (TPSA) is 57.6 Å². The fraction of sp³-hybridized carbons (Fsp3) is 0.818. The van der Waals surface area contributed by atoms with Gasteiger partial charge in [-0.3, -0.25) is 14.5 Å². The van der Waals surface area contributed by atoms with Crippen molar-refractivity contribution < 1.29 is 14.7 Å². The molecular formula is C11H19NO3. The van der Waals surface area contributed by atoms with Gasteiger partial charge in [-0.25, -0.2) is 0 Å². The number of carbonyl (C=O) groups excluding carboxylic acids is 2. The molecule has 1 saturated heterocycles. The summed E-state index contributed by atoms with van der Waals surface area (Å²) in [5, 5.41) is 8.59. The lowest BCUT2D eigenvalue weighted by molar-refractivity contribution is -0.149. The second kappa shape index (κ2) is 5.85. The minimum absolute atomic E-state index is 0.0391. The highest BCUT2D eigenvalue weighted by molar-refractivity contribution is 5.97. The van der Waals surface area contributed by atoms with Gasteiger partial charge in [-0.2, -0.15) is 0 Å². The Morgan fingerprint density at radius 3 is 2.33 bits per heavy atom. The molecule has 0 saturated carbocycles. The van der Waals surface area contributed by atoms with Crippen molar-refractivity contribution in [3.63, 3.8) is 0 Å². The summed E-state index contributed by atoms with van der Waals surface area (Å²) in [7, 11) is 0. The van der Waals surface area contributed by atoms with E-state index in [0.717, 1.165) is 19.3 Å². The van der Waals surface area contributed by atoms with Gasteiger partial charge in [0, 0.05) is 26.0 Å². The van der Waals surface area contributed by atoms with Gasteiger partial charge in [0.2, 0.25) is 11.8 Å². The van der Waals surface area contributed by atoms with Gasteiger partial charge in [-0.05, 0) is 25.2 Å². The number of aliphatic hydroxyl groups excluding tert-OH is 1. The standard InChI is InChI=1S/C11H19NO3/c1-9-7-10(14)12(11(15)8-9)5-3-2-4-6-13/h9,13H,2-8H2,1H3. The van der Waals surface area contributed by atoms with Gasteiger partial charge in [0.05, 0.1) is 0 Å². The average Bonchev–Trinajstić information content (AvgIpc) is 2.15. The number of hydrogen-bond donors (Lipinski definition) is 1. The van der Waals surface area contributed by atoms with Crippen LogP contribution in [0.5, 0.6) is 0 Å². The predicted octanol–water partition coefficient (Wildman–Crippen LogP) is 0.934. The van der Waals surface area contributed by atoms with Gasteiger partial charge in [0.15, 0.2) is 0 Å². The van der Waals surface area contributed by atoms with Crippen LogP contribution in [0.25, 0.3) is 0 Å². The van der Waals surface area contributed by atoms with Crippen molar-refractivity contribution in [2.24, 2.45) is 5.92 Å². The Bertz CT molecular complexity index is 222. The van der Waals surface area contributed by atoms with Crippen LogP contribution in [0.4, 0.5) is 0 Å². The molecule has 1 N–H and O–H groups in total. The van der Waals surface area contributed by atoms with E-state index in [0.29, 0.717) is 19.4 Å². The normalized spacial score (nSPS) is 18.7.